The van der Waals surface area contributed by atoms with Crippen LogP contribution in [0.3, 0.4) is 0 Å². The van der Waals surface area contributed by atoms with E-state index >= 15 is 0 Å². The summed E-state index contributed by atoms with van der Waals surface area (Å²) in [7, 11) is 0. The van der Waals surface area contributed by atoms with Crippen LogP contribution in [0.15, 0.2) is 0 Å². The molecule has 0 saturated carbocycles. The highest BCUT2D eigenvalue weighted by atomic mass is 16.5. The average molecular weight is 147 g/mol. The number of carbonyl (C=O) groups is 1. The molecule has 0 aromatic heterocycles. The summed E-state index contributed by atoms with van der Waals surface area (Å²) in [5.74, 6) is 0.833. The lowest BCUT2D eigenvalue weighted by Gasteiger charge is -1.87. The number of hydrogen-bond acceptors (Lipinski definition) is 3. The van der Waals surface area contributed by atoms with Crippen LogP contribution >= 0.6 is 0 Å². The Morgan fingerprint density at radius 3 is 2.00 bits per heavy atom. The van der Waals surface area contributed by atoms with Crippen molar-refractivity contribution in [2.45, 2.75) is 20.8 Å². The van der Waals surface area contributed by atoms with Crippen LogP contribution in [0.25, 0.3) is 0 Å². The number of rotatable bonds is 3. The van der Waals surface area contributed by atoms with Crippen molar-refractivity contribution >= 4 is 6.47 Å². The van der Waals surface area contributed by atoms with E-state index in [-0.39, 0.29) is 0 Å². The Morgan fingerprint density at radius 2 is 1.90 bits per heavy atom. The molecule has 10 heavy (non-hydrogen) atoms. The summed E-state index contributed by atoms with van der Waals surface area (Å²) in [6, 6.07) is 0. The molecule has 0 aliphatic rings. The van der Waals surface area contributed by atoms with Crippen LogP contribution in [-0.4, -0.2) is 19.6 Å². The van der Waals surface area contributed by atoms with Crippen molar-refractivity contribution in [1.29, 1.82) is 0 Å². The van der Waals surface area contributed by atoms with E-state index in [4.69, 9.17) is 5.73 Å². The summed E-state index contributed by atoms with van der Waals surface area (Å²) in [5, 5.41) is 0. The number of nitrogens with two attached hydrogens (primary N) is 1. The fraction of sp³-hybridized carbons (Fsp3) is 0.857. The third kappa shape index (κ3) is 52.0. The van der Waals surface area contributed by atoms with E-state index in [0.717, 1.165) is 5.92 Å². The van der Waals surface area contributed by atoms with Crippen LogP contribution in [0.2, 0.25) is 0 Å². The average Bonchev–Trinajstić information content (AvgIpc) is 1.82. The van der Waals surface area contributed by atoms with Crippen molar-refractivity contribution in [3.05, 3.63) is 0 Å². The first-order valence-corrected chi connectivity index (χ1v) is 3.40. The van der Waals surface area contributed by atoms with Crippen molar-refractivity contribution in [2.24, 2.45) is 11.7 Å². The zero-order valence-corrected chi connectivity index (χ0v) is 6.96. The first kappa shape index (κ1) is 12.1. The van der Waals surface area contributed by atoms with Gasteiger partial charge in [0.1, 0.15) is 6.61 Å². The van der Waals surface area contributed by atoms with Crippen LogP contribution in [0.4, 0.5) is 0 Å². The van der Waals surface area contributed by atoms with Crippen molar-refractivity contribution in [3.8, 4) is 0 Å². The largest absolute Gasteiger partial charge is 0.467 e. The molecular weight excluding hydrogens is 130 g/mol. The normalized spacial score (nSPS) is 8.10. The van der Waals surface area contributed by atoms with Crippen LogP contribution in [0.5, 0.6) is 0 Å². The molecule has 0 unspecified atom stereocenters. The van der Waals surface area contributed by atoms with Gasteiger partial charge in [-0.15, -0.1) is 0 Å². The van der Waals surface area contributed by atoms with Crippen LogP contribution in [0, 0.1) is 5.92 Å². The van der Waals surface area contributed by atoms with Crippen molar-refractivity contribution in [1.82, 2.24) is 0 Å². The molecule has 3 heteroatoms. The van der Waals surface area contributed by atoms with E-state index in [1.54, 1.807) is 0 Å². The molecule has 0 bridgehead atoms. The SMILES string of the molecule is CC(C)C.NCCOC=O. The van der Waals surface area contributed by atoms with Crippen molar-refractivity contribution in [2.75, 3.05) is 13.2 Å². The molecule has 62 valence electrons. The Kier molecular flexibility index (Phi) is 13.7. The minimum absolute atomic E-state index is 0.323. The summed E-state index contributed by atoms with van der Waals surface area (Å²) in [4.78, 5) is 9.29. The molecule has 0 fully saturated rings. The Hall–Kier alpha value is -0.570. The number of carbonyl (C=O) groups excluding carboxylic acids is 1. The molecule has 0 aromatic rings. The predicted octanol–water partition coefficient (Wildman–Crippen LogP) is 0.780. The van der Waals surface area contributed by atoms with Gasteiger partial charge in [0.15, 0.2) is 0 Å². The molecule has 0 rings (SSSR count). The van der Waals surface area contributed by atoms with E-state index in [1.807, 2.05) is 0 Å². The first-order chi connectivity index (χ1) is 4.65. The molecule has 0 aliphatic carbocycles. The maximum Gasteiger partial charge on any atom is 0.293 e. The lowest BCUT2D eigenvalue weighted by Crippen LogP contribution is -2.06. The molecule has 3 nitrogen and oxygen atoms in total. The summed E-state index contributed by atoms with van der Waals surface area (Å²) in [5.41, 5.74) is 4.93. The molecular formula is C7H17NO2. The second-order valence-electron chi connectivity index (χ2n) is 2.49. The van der Waals surface area contributed by atoms with Crippen molar-refractivity contribution < 1.29 is 9.53 Å². The third-order valence-corrected chi connectivity index (χ3v) is 0.304. The minimum Gasteiger partial charge on any atom is -0.467 e. The summed E-state index contributed by atoms with van der Waals surface area (Å²) >= 11 is 0. The van der Waals surface area contributed by atoms with Gasteiger partial charge >= 0.3 is 0 Å². The van der Waals surface area contributed by atoms with Crippen LogP contribution < -0.4 is 5.73 Å². The van der Waals surface area contributed by atoms with Crippen molar-refractivity contribution in [3.63, 3.8) is 0 Å². The molecule has 0 aromatic carbocycles. The maximum atomic E-state index is 9.29. The predicted molar refractivity (Wildman–Crippen MR) is 41.6 cm³/mol. The second-order valence-corrected chi connectivity index (χ2v) is 2.49. The van der Waals surface area contributed by atoms with Gasteiger partial charge in [0.2, 0.25) is 0 Å². The zero-order valence-electron chi connectivity index (χ0n) is 6.96. The number of ether oxygens (including phenoxy) is 1. The minimum atomic E-state index is 0.323. The topological polar surface area (TPSA) is 52.3 Å². The van der Waals surface area contributed by atoms with E-state index in [0.29, 0.717) is 19.6 Å². The highest BCUT2D eigenvalue weighted by molar-refractivity contribution is 5.36. The van der Waals surface area contributed by atoms with Crippen LogP contribution in [-0.2, 0) is 9.53 Å². The van der Waals surface area contributed by atoms with E-state index in [1.165, 1.54) is 0 Å². The molecule has 0 saturated heterocycles. The van der Waals surface area contributed by atoms with Gasteiger partial charge < -0.3 is 10.5 Å². The van der Waals surface area contributed by atoms with Gasteiger partial charge in [-0.3, -0.25) is 4.79 Å². The molecule has 0 radical (unpaired) electrons. The van der Waals surface area contributed by atoms with Gasteiger partial charge in [-0.1, -0.05) is 20.8 Å². The fourth-order valence-corrected chi connectivity index (χ4v) is 0.116. The second kappa shape index (κ2) is 11.3. The Labute approximate surface area is 62.5 Å². The fourth-order valence-electron chi connectivity index (χ4n) is 0.116. The first-order valence-electron chi connectivity index (χ1n) is 3.40. The zero-order chi connectivity index (χ0) is 8.41. The van der Waals surface area contributed by atoms with E-state index in [9.17, 15) is 4.79 Å². The Morgan fingerprint density at radius 1 is 1.50 bits per heavy atom. The molecule has 0 atom stereocenters. The lowest BCUT2D eigenvalue weighted by molar-refractivity contribution is -0.128. The maximum absolute atomic E-state index is 9.29. The molecule has 0 aliphatic heterocycles. The van der Waals surface area contributed by atoms with Gasteiger partial charge in [0, 0.05) is 6.54 Å². The molecule has 0 spiro atoms. The molecule has 2 N–H and O–H groups in total. The third-order valence-electron chi connectivity index (χ3n) is 0.304. The van der Waals surface area contributed by atoms with Crippen LogP contribution in [0.1, 0.15) is 20.8 Å². The van der Waals surface area contributed by atoms with E-state index < -0.39 is 0 Å². The van der Waals surface area contributed by atoms with Gasteiger partial charge in [-0.2, -0.15) is 0 Å². The lowest BCUT2D eigenvalue weighted by atomic mass is 10.3. The van der Waals surface area contributed by atoms with Gasteiger partial charge in [-0.05, 0) is 5.92 Å². The van der Waals surface area contributed by atoms with Gasteiger partial charge in [0.25, 0.3) is 6.47 Å². The Bertz CT molecular complexity index is 61.9. The summed E-state index contributed by atoms with van der Waals surface area (Å²) in [6.45, 7) is 7.61. The summed E-state index contributed by atoms with van der Waals surface area (Å²) < 4.78 is 4.18. The smallest absolute Gasteiger partial charge is 0.293 e. The summed E-state index contributed by atoms with van der Waals surface area (Å²) in [6.07, 6.45) is 0. The Balaban J connectivity index is 0. The van der Waals surface area contributed by atoms with E-state index in [2.05, 4.69) is 25.5 Å². The quantitative estimate of drug-likeness (QED) is 0.474. The molecule has 0 heterocycles. The van der Waals surface area contributed by atoms with Gasteiger partial charge in [-0.25, -0.2) is 0 Å². The highest BCUT2D eigenvalue weighted by Gasteiger charge is 1.71. The molecule has 0 amide bonds. The number of hydrogen-bond donors (Lipinski definition) is 1. The monoisotopic (exact) mass is 147 g/mol. The van der Waals surface area contributed by atoms with Gasteiger partial charge in [0.05, 0.1) is 0 Å². The standard InChI is InChI=1S/C4H10.C3H7NO2/c1-4(2)3;4-1-2-6-3-5/h4H,1-3H3;3H,1-2,4H2. The highest BCUT2D eigenvalue weighted by Crippen LogP contribution is 1.81.